The zero-order valence-corrected chi connectivity index (χ0v) is 13.8. The Morgan fingerprint density at radius 2 is 2.00 bits per heavy atom. The molecule has 2 rings (SSSR count). The van der Waals surface area contributed by atoms with Gasteiger partial charge in [-0.25, -0.2) is 4.79 Å². The monoisotopic (exact) mass is 335 g/mol. The van der Waals surface area contributed by atoms with Crippen LogP contribution < -0.4 is 20.1 Å². The average molecular weight is 336 g/mol. The van der Waals surface area contributed by atoms with Gasteiger partial charge in [0.25, 0.3) is 0 Å². The quantitative estimate of drug-likeness (QED) is 0.875. The Balaban J connectivity index is 2.09. The molecule has 2 aromatic rings. The number of hydrogen-bond acceptors (Lipinski definition) is 4. The number of benzene rings is 1. The molecule has 1 heterocycles. The van der Waals surface area contributed by atoms with Gasteiger partial charge in [0.15, 0.2) is 0 Å². The topological polar surface area (TPSA) is 72.5 Å². The zero-order chi connectivity index (χ0) is 16.8. The highest BCUT2D eigenvalue weighted by molar-refractivity contribution is 6.32. The van der Waals surface area contributed by atoms with E-state index in [1.807, 2.05) is 19.1 Å². The summed E-state index contributed by atoms with van der Waals surface area (Å²) in [5.41, 5.74) is 1.36. The van der Waals surface area contributed by atoms with Crippen LogP contribution in [0.3, 0.4) is 0 Å². The number of aromatic nitrogens is 1. The Hall–Kier alpha value is -2.47. The highest BCUT2D eigenvalue weighted by Crippen LogP contribution is 2.35. The van der Waals surface area contributed by atoms with Crippen LogP contribution in [-0.2, 0) is 0 Å². The number of methoxy groups -OCH3 is 2. The molecule has 0 bridgehead atoms. The maximum Gasteiger partial charge on any atom is 0.319 e. The summed E-state index contributed by atoms with van der Waals surface area (Å²) in [6, 6.07) is 6.33. The van der Waals surface area contributed by atoms with E-state index < -0.39 is 0 Å². The van der Waals surface area contributed by atoms with E-state index in [0.29, 0.717) is 22.2 Å². The number of pyridine rings is 1. The SMILES string of the molecule is COc1cc(OC)c(NC(=O)N[C@H](C)c2cccnc2)cc1Cl. The number of ether oxygens (including phenoxy) is 2. The number of anilines is 1. The van der Waals surface area contributed by atoms with Crippen molar-refractivity contribution in [2.45, 2.75) is 13.0 Å². The van der Waals surface area contributed by atoms with Crippen molar-refractivity contribution in [1.82, 2.24) is 10.3 Å². The van der Waals surface area contributed by atoms with E-state index in [4.69, 9.17) is 21.1 Å². The third-order valence-corrected chi connectivity index (χ3v) is 3.55. The summed E-state index contributed by atoms with van der Waals surface area (Å²) in [4.78, 5) is 16.2. The fourth-order valence-corrected chi connectivity index (χ4v) is 2.27. The van der Waals surface area contributed by atoms with Crippen molar-refractivity contribution in [3.63, 3.8) is 0 Å². The lowest BCUT2D eigenvalue weighted by atomic mass is 10.1. The molecule has 0 aliphatic heterocycles. The van der Waals surface area contributed by atoms with Gasteiger partial charge in [0, 0.05) is 18.5 Å². The number of hydrogen-bond donors (Lipinski definition) is 2. The summed E-state index contributed by atoms with van der Waals surface area (Å²) in [5.74, 6) is 0.925. The first kappa shape index (κ1) is 16.9. The normalized spacial score (nSPS) is 11.5. The molecule has 0 saturated carbocycles. The summed E-state index contributed by atoms with van der Waals surface area (Å²) in [5, 5.41) is 5.92. The number of nitrogens with one attached hydrogen (secondary N) is 2. The molecule has 0 radical (unpaired) electrons. The van der Waals surface area contributed by atoms with Gasteiger partial charge in [0.2, 0.25) is 0 Å². The lowest BCUT2D eigenvalue weighted by Crippen LogP contribution is -2.31. The van der Waals surface area contributed by atoms with Gasteiger partial charge in [0.05, 0.1) is 31.0 Å². The molecule has 2 N–H and O–H groups in total. The minimum absolute atomic E-state index is 0.191. The minimum Gasteiger partial charge on any atom is -0.495 e. The Morgan fingerprint density at radius 1 is 1.26 bits per heavy atom. The first-order valence-electron chi connectivity index (χ1n) is 6.94. The second-order valence-corrected chi connectivity index (χ2v) is 5.20. The van der Waals surface area contributed by atoms with Crippen molar-refractivity contribution in [1.29, 1.82) is 0 Å². The Kier molecular flexibility index (Phi) is 5.65. The minimum atomic E-state index is -0.374. The Bertz CT molecular complexity index is 680. The lowest BCUT2D eigenvalue weighted by Gasteiger charge is -2.17. The smallest absolute Gasteiger partial charge is 0.319 e. The van der Waals surface area contributed by atoms with Crippen LogP contribution in [0.5, 0.6) is 11.5 Å². The molecule has 0 aliphatic rings. The van der Waals surface area contributed by atoms with Gasteiger partial charge in [-0.2, -0.15) is 0 Å². The molecule has 1 atom stereocenters. The van der Waals surface area contributed by atoms with Crippen LogP contribution in [0.2, 0.25) is 5.02 Å². The molecule has 122 valence electrons. The van der Waals surface area contributed by atoms with E-state index in [-0.39, 0.29) is 12.1 Å². The zero-order valence-electron chi connectivity index (χ0n) is 13.1. The first-order valence-corrected chi connectivity index (χ1v) is 7.32. The van der Waals surface area contributed by atoms with E-state index in [1.54, 1.807) is 24.5 Å². The molecule has 6 nitrogen and oxygen atoms in total. The number of nitrogens with zero attached hydrogens (tertiary/aromatic N) is 1. The molecule has 1 aromatic heterocycles. The molecule has 23 heavy (non-hydrogen) atoms. The third kappa shape index (κ3) is 4.26. The maximum absolute atomic E-state index is 12.2. The second kappa shape index (κ2) is 7.69. The molecule has 0 fully saturated rings. The highest BCUT2D eigenvalue weighted by atomic mass is 35.5. The summed E-state index contributed by atoms with van der Waals surface area (Å²) in [6.07, 6.45) is 3.39. The van der Waals surface area contributed by atoms with E-state index >= 15 is 0 Å². The van der Waals surface area contributed by atoms with Crippen molar-refractivity contribution in [2.24, 2.45) is 0 Å². The molecular weight excluding hydrogens is 318 g/mol. The van der Waals surface area contributed by atoms with Crippen LogP contribution in [0.25, 0.3) is 0 Å². The molecule has 2 amide bonds. The molecule has 0 saturated heterocycles. The van der Waals surface area contributed by atoms with E-state index in [0.717, 1.165) is 5.56 Å². The van der Waals surface area contributed by atoms with Crippen LogP contribution in [0.1, 0.15) is 18.5 Å². The number of amides is 2. The largest absolute Gasteiger partial charge is 0.495 e. The van der Waals surface area contributed by atoms with Gasteiger partial charge < -0.3 is 20.1 Å². The summed E-state index contributed by atoms with van der Waals surface area (Å²) >= 11 is 6.08. The van der Waals surface area contributed by atoms with Gasteiger partial charge in [-0.1, -0.05) is 17.7 Å². The van der Waals surface area contributed by atoms with Crippen molar-refractivity contribution in [3.05, 3.63) is 47.2 Å². The van der Waals surface area contributed by atoms with Gasteiger partial charge in [-0.05, 0) is 24.6 Å². The molecule has 0 spiro atoms. The second-order valence-electron chi connectivity index (χ2n) is 4.79. The number of carbonyl (C=O) groups is 1. The fraction of sp³-hybridized carbons (Fsp3) is 0.250. The van der Waals surface area contributed by atoms with Gasteiger partial charge in [-0.3, -0.25) is 4.98 Å². The van der Waals surface area contributed by atoms with Crippen molar-refractivity contribution in [3.8, 4) is 11.5 Å². The molecule has 7 heteroatoms. The third-order valence-electron chi connectivity index (χ3n) is 3.25. The molecule has 1 aromatic carbocycles. The van der Waals surface area contributed by atoms with Crippen LogP contribution in [-0.4, -0.2) is 25.2 Å². The highest BCUT2D eigenvalue weighted by Gasteiger charge is 2.14. The predicted octanol–water partition coefficient (Wildman–Crippen LogP) is 3.63. The number of urea groups is 1. The van der Waals surface area contributed by atoms with Gasteiger partial charge >= 0.3 is 6.03 Å². The van der Waals surface area contributed by atoms with E-state index in [2.05, 4.69) is 15.6 Å². The lowest BCUT2D eigenvalue weighted by molar-refractivity contribution is 0.249. The van der Waals surface area contributed by atoms with Crippen molar-refractivity contribution in [2.75, 3.05) is 19.5 Å². The first-order chi connectivity index (χ1) is 11.0. The fourth-order valence-electron chi connectivity index (χ4n) is 2.03. The Morgan fingerprint density at radius 3 is 2.61 bits per heavy atom. The van der Waals surface area contributed by atoms with Gasteiger partial charge in [-0.15, -0.1) is 0 Å². The Labute approximate surface area is 139 Å². The van der Waals surface area contributed by atoms with Gasteiger partial charge in [0.1, 0.15) is 11.5 Å². The summed E-state index contributed by atoms with van der Waals surface area (Å²) in [7, 11) is 3.01. The van der Waals surface area contributed by atoms with Crippen molar-refractivity contribution >= 4 is 23.3 Å². The average Bonchev–Trinajstić information content (AvgIpc) is 2.55. The van der Waals surface area contributed by atoms with Crippen LogP contribution in [0.15, 0.2) is 36.7 Å². The summed E-state index contributed by atoms with van der Waals surface area (Å²) < 4.78 is 10.4. The molecule has 0 unspecified atom stereocenters. The molecule has 0 aliphatic carbocycles. The number of halogens is 1. The van der Waals surface area contributed by atoms with Crippen molar-refractivity contribution < 1.29 is 14.3 Å². The van der Waals surface area contributed by atoms with Crippen LogP contribution in [0, 0.1) is 0 Å². The van der Waals surface area contributed by atoms with Crippen LogP contribution in [0.4, 0.5) is 10.5 Å². The van der Waals surface area contributed by atoms with E-state index in [1.165, 1.54) is 14.2 Å². The predicted molar refractivity (Wildman–Crippen MR) is 89.4 cm³/mol. The van der Waals surface area contributed by atoms with Crippen LogP contribution >= 0.6 is 11.6 Å². The summed E-state index contributed by atoms with van der Waals surface area (Å²) in [6.45, 7) is 1.87. The van der Waals surface area contributed by atoms with E-state index in [9.17, 15) is 4.79 Å². The molecular formula is C16H18ClN3O3. The number of rotatable bonds is 5. The maximum atomic E-state index is 12.2. The standard InChI is InChI=1S/C16H18ClN3O3/c1-10(11-5-4-6-18-9-11)19-16(21)20-13-7-12(17)14(22-2)8-15(13)23-3/h4-10H,1-3H3,(H2,19,20,21)/t10-/m1/s1. The number of carbonyl (C=O) groups excluding carboxylic acids is 1.